The fourth-order valence-corrected chi connectivity index (χ4v) is 2.23. The number of carbonyl (C=O) groups excluding carboxylic acids is 4. The molecule has 0 unspecified atom stereocenters. The first-order valence-corrected chi connectivity index (χ1v) is 12.4. The van der Waals surface area contributed by atoms with Crippen LogP contribution < -0.4 is 0 Å². The van der Waals surface area contributed by atoms with Gasteiger partial charge >= 0.3 is 0 Å². The lowest BCUT2D eigenvalue weighted by Gasteiger charge is -2.28. The van der Waals surface area contributed by atoms with Crippen molar-refractivity contribution in [1.82, 2.24) is 9.80 Å². The Morgan fingerprint density at radius 3 is 1.15 bits per heavy atom. The minimum Gasteiger partial charge on any atom is -0.333 e. The van der Waals surface area contributed by atoms with Crippen molar-refractivity contribution in [2.45, 2.75) is 102 Å². The van der Waals surface area contributed by atoms with Crippen molar-refractivity contribution in [3.63, 3.8) is 0 Å². The minimum absolute atomic E-state index is 0.0160. The van der Waals surface area contributed by atoms with Crippen molar-refractivity contribution in [1.29, 1.82) is 0 Å². The number of Topliss-reactive ketones (excluding diaryl/α,β-unsaturated/α-hetero) is 3. The molecule has 6 nitrogen and oxygen atoms in total. The van der Waals surface area contributed by atoms with E-state index in [1.54, 1.807) is 4.90 Å². The summed E-state index contributed by atoms with van der Waals surface area (Å²) < 4.78 is 0. The second-order valence-electron chi connectivity index (χ2n) is 10.8. The van der Waals surface area contributed by atoms with E-state index >= 15 is 0 Å². The van der Waals surface area contributed by atoms with Crippen LogP contribution in [0.25, 0.3) is 0 Å². The summed E-state index contributed by atoms with van der Waals surface area (Å²) in [5.74, 6) is 1.46. The van der Waals surface area contributed by atoms with E-state index in [2.05, 4.69) is 32.6 Å². The van der Waals surface area contributed by atoms with Crippen molar-refractivity contribution < 1.29 is 19.2 Å². The van der Waals surface area contributed by atoms with Crippen LogP contribution in [-0.2, 0) is 19.2 Å². The van der Waals surface area contributed by atoms with Gasteiger partial charge in [0.05, 0.1) is 13.1 Å². The maximum Gasteiger partial charge on any atom is 0.225 e. The molecule has 0 aliphatic rings. The standard InChI is InChI=1S/C10H22N2O.C9H16O2.C8H16O/c1-8(2)10(13)12(6)7-11(5)9(3)4;1-6(2)8(10)5-9(11)7(3)4;1-6(2)5-8(9)7(3)4/h8-9H,7H2,1-6H3;6-7H,5H2,1-4H3;6-7H,5H2,1-4H3. The molecule has 0 heterocycles. The average molecular weight is 471 g/mol. The zero-order chi connectivity index (χ0) is 27.0. The van der Waals surface area contributed by atoms with Crippen LogP contribution in [0.4, 0.5) is 0 Å². The van der Waals surface area contributed by atoms with Crippen LogP contribution >= 0.6 is 0 Å². The second-order valence-corrected chi connectivity index (χ2v) is 10.8. The van der Waals surface area contributed by atoms with Crippen LogP contribution in [0.5, 0.6) is 0 Å². The van der Waals surface area contributed by atoms with Gasteiger partial charge in [-0.25, -0.2) is 0 Å². The Hall–Kier alpha value is -1.56. The number of hydrogen-bond acceptors (Lipinski definition) is 5. The Balaban J connectivity index is -0.000000416. The van der Waals surface area contributed by atoms with Gasteiger partial charge in [0.25, 0.3) is 0 Å². The molecule has 33 heavy (non-hydrogen) atoms. The molecule has 0 aliphatic heterocycles. The lowest BCUT2D eigenvalue weighted by atomic mass is 9.98. The van der Waals surface area contributed by atoms with Gasteiger partial charge in [0.15, 0.2) is 0 Å². The third kappa shape index (κ3) is 20.8. The van der Waals surface area contributed by atoms with Crippen LogP contribution in [0.3, 0.4) is 0 Å². The summed E-state index contributed by atoms with van der Waals surface area (Å²) in [6, 6.07) is 0.474. The monoisotopic (exact) mass is 470 g/mol. The molecule has 196 valence electrons. The third-order valence-corrected chi connectivity index (χ3v) is 5.08. The molecular weight excluding hydrogens is 416 g/mol. The van der Waals surface area contributed by atoms with Gasteiger partial charge in [-0.1, -0.05) is 69.2 Å². The Morgan fingerprint density at radius 2 is 0.939 bits per heavy atom. The first kappa shape index (κ1) is 36.0. The lowest BCUT2D eigenvalue weighted by molar-refractivity contribution is -0.135. The Labute approximate surface area is 204 Å². The molecule has 0 N–H and O–H groups in total. The summed E-state index contributed by atoms with van der Waals surface area (Å²) in [6.45, 7) is 24.1. The fourth-order valence-electron chi connectivity index (χ4n) is 2.23. The molecule has 0 radical (unpaired) electrons. The Bertz CT molecular complexity index is 561. The highest BCUT2D eigenvalue weighted by molar-refractivity contribution is 6.00. The van der Waals surface area contributed by atoms with Crippen molar-refractivity contribution in [3.05, 3.63) is 0 Å². The van der Waals surface area contributed by atoms with E-state index in [0.29, 0.717) is 24.4 Å². The van der Waals surface area contributed by atoms with Gasteiger partial charge < -0.3 is 4.90 Å². The summed E-state index contributed by atoms with van der Waals surface area (Å²) in [4.78, 5) is 48.4. The van der Waals surface area contributed by atoms with Gasteiger partial charge in [-0.05, 0) is 26.8 Å². The van der Waals surface area contributed by atoms with Crippen LogP contribution in [-0.4, -0.2) is 59.9 Å². The van der Waals surface area contributed by atoms with Crippen LogP contribution in [0.15, 0.2) is 0 Å². The van der Waals surface area contributed by atoms with Gasteiger partial charge in [0, 0.05) is 43.2 Å². The lowest BCUT2D eigenvalue weighted by Crippen LogP contribution is -2.41. The van der Waals surface area contributed by atoms with Gasteiger partial charge in [-0.2, -0.15) is 0 Å². The highest BCUT2D eigenvalue weighted by Crippen LogP contribution is 2.06. The molecule has 0 atom stereocenters. The molecule has 1 amide bonds. The zero-order valence-corrected chi connectivity index (χ0v) is 24.1. The highest BCUT2D eigenvalue weighted by atomic mass is 16.2. The first-order valence-electron chi connectivity index (χ1n) is 12.4. The molecule has 0 aromatic rings. The first-order chi connectivity index (χ1) is 14.8. The van der Waals surface area contributed by atoms with Gasteiger partial charge in [-0.15, -0.1) is 0 Å². The zero-order valence-electron chi connectivity index (χ0n) is 24.1. The predicted molar refractivity (Wildman–Crippen MR) is 139 cm³/mol. The number of ketones is 3. The van der Waals surface area contributed by atoms with Crippen LogP contribution in [0.1, 0.15) is 95.9 Å². The summed E-state index contributed by atoms with van der Waals surface area (Å²) in [7, 11) is 3.87. The van der Waals surface area contributed by atoms with Crippen LogP contribution in [0, 0.1) is 29.6 Å². The Morgan fingerprint density at radius 1 is 0.576 bits per heavy atom. The maximum absolute atomic E-state index is 11.5. The van der Waals surface area contributed by atoms with Crippen LogP contribution in [0.2, 0.25) is 0 Å². The van der Waals surface area contributed by atoms with E-state index in [4.69, 9.17) is 0 Å². The van der Waals surface area contributed by atoms with Gasteiger partial charge in [-0.3, -0.25) is 24.1 Å². The average Bonchev–Trinajstić information content (AvgIpc) is 2.67. The number of carbonyl (C=O) groups is 4. The quantitative estimate of drug-likeness (QED) is 0.295. The van der Waals surface area contributed by atoms with Gasteiger partial charge in [0.2, 0.25) is 5.91 Å². The maximum atomic E-state index is 11.5. The molecular formula is C27H54N2O4. The molecule has 0 spiro atoms. The van der Waals surface area contributed by atoms with Crippen molar-refractivity contribution in [3.8, 4) is 0 Å². The van der Waals surface area contributed by atoms with E-state index in [1.165, 1.54) is 0 Å². The minimum atomic E-state index is -0.0160. The number of amides is 1. The molecule has 0 bridgehead atoms. The molecule has 0 saturated heterocycles. The van der Waals surface area contributed by atoms with E-state index in [1.807, 2.05) is 69.5 Å². The topological polar surface area (TPSA) is 74.8 Å². The molecule has 0 fully saturated rings. The highest BCUT2D eigenvalue weighted by Gasteiger charge is 2.16. The number of hydrogen-bond donors (Lipinski definition) is 0. The van der Waals surface area contributed by atoms with Crippen molar-refractivity contribution in [2.24, 2.45) is 29.6 Å². The summed E-state index contributed by atoms with van der Waals surface area (Å²) in [5.41, 5.74) is 0. The normalized spacial score (nSPS) is 11.1. The molecule has 0 saturated carbocycles. The Kier molecular flexibility index (Phi) is 20.5. The largest absolute Gasteiger partial charge is 0.333 e. The SMILES string of the molecule is CC(C)C(=O)CC(=O)C(C)C.CC(C)C(=O)N(C)CN(C)C(C)C.CC(C)CC(=O)C(C)C. The number of rotatable bonds is 11. The smallest absolute Gasteiger partial charge is 0.225 e. The molecule has 6 heteroatoms. The van der Waals surface area contributed by atoms with Crippen molar-refractivity contribution >= 4 is 23.3 Å². The van der Waals surface area contributed by atoms with E-state index in [-0.39, 0.29) is 47.6 Å². The molecule has 0 aromatic carbocycles. The summed E-state index contributed by atoms with van der Waals surface area (Å²) >= 11 is 0. The third-order valence-electron chi connectivity index (χ3n) is 5.08. The van der Waals surface area contributed by atoms with E-state index in [0.717, 1.165) is 6.42 Å². The molecule has 0 aliphatic carbocycles. The molecule has 0 aromatic heterocycles. The summed E-state index contributed by atoms with van der Waals surface area (Å²) in [5, 5.41) is 0. The fraction of sp³-hybridized carbons (Fsp3) is 0.852. The van der Waals surface area contributed by atoms with E-state index in [9.17, 15) is 19.2 Å². The van der Waals surface area contributed by atoms with E-state index < -0.39 is 0 Å². The molecule has 0 rings (SSSR count). The summed E-state index contributed by atoms with van der Waals surface area (Å²) in [6.07, 6.45) is 0.840. The predicted octanol–water partition coefficient (Wildman–Crippen LogP) is 5.48. The number of nitrogens with zero attached hydrogens (tertiary/aromatic N) is 2. The second kappa shape index (κ2) is 18.8. The van der Waals surface area contributed by atoms with Gasteiger partial charge in [0.1, 0.15) is 17.3 Å². The van der Waals surface area contributed by atoms with Crippen molar-refractivity contribution in [2.75, 3.05) is 20.8 Å².